The lowest BCUT2D eigenvalue weighted by atomic mass is 10.1. The third-order valence-electron chi connectivity index (χ3n) is 7.40. The van der Waals surface area contributed by atoms with Crippen LogP contribution in [-0.4, -0.2) is 37.7 Å². The first-order valence-corrected chi connectivity index (χ1v) is 16.8. The summed E-state index contributed by atoms with van der Waals surface area (Å²) in [5.74, 6) is 0.193. The number of amides is 3. The van der Waals surface area contributed by atoms with Gasteiger partial charge in [-0.05, 0) is 78.9 Å². The molecule has 5 aromatic rings. The number of hydrogen-bond donors (Lipinski definition) is 2. The van der Waals surface area contributed by atoms with Crippen LogP contribution in [0.2, 0.25) is 0 Å². The number of fused-ring (bicyclic) bond motifs is 2. The molecular formula is C38H31N3O5S2. The fourth-order valence-electron chi connectivity index (χ4n) is 5.10. The largest absolute Gasteiger partial charge is 0.497 e. The zero-order chi connectivity index (χ0) is 33.5. The first-order valence-electron chi connectivity index (χ1n) is 15.0. The molecule has 5 aromatic carbocycles. The molecule has 0 unspecified atom stereocenters. The number of anilines is 3. The third kappa shape index (κ3) is 7.41. The molecule has 0 fully saturated rings. The summed E-state index contributed by atoms with van der Waals surface area (Å²) in [7, 11) is 3.07. The average molecular weight is 674 g/mol. The van der Waals surface area contributed by atoms with Crippen molar-refractivity contribution in [3.05, 3.63) is 138 Å². The molecule has 48 heavy (non-hydrogen) atoms. The summed E-state index contributed by atoms with van der Waals surface area (Å²) >= 11 is 3.03. The van der Waals surface area contributed by atoms with Gasteiger partial charge in [-0.15, -0.1) is 11.8 Å². The molecular weight excluding hydrogens is 643 g/mol. The van der Waals surface area contributed by atoms with Crippen molar-refractivity contribution in [3.8, 4) is 11.5 Å². The normalized spacial score (nSPS) is 12.0. The van der Waals surface area contributed by atoms with Gasteiger partial charge in [0.25, 0.3) is 11.8 Å². The van der Waals surface area contributed by atoms with Crippen molar-refractivity contribution in [2.45, 2.75) is 14.7 Å². The van der Waals surface area contributed by atoms with Gasteiger partial charge in [-0.3, -0.25) is 19.3 Å². The van der Waals surface area contributed by atoms with E-state index in [2.05, 4.69) is 10.6 Å². The van der Waals surface area contributed by atoms with Gasteiger partial charge in [0, 0.05) is 31.5 Å². The molecule has 0 saturated carbocycles. The van der Waals surface area contributed by atoms with E-state index in [4.69, 9.17) is 9.47 Å². The monoisotopic (exact) mass is 673 g/mol. The fourth-order valence-corrected chi connectivity index (χ4v) is 6.96. The van der Waals surface area contributed by atoms with Crippen LogP contribution < -0.4 is 25.0 Å². The zero-order valence-corrected chi connectivity index (χ0v) is 27.8. The summed E-state index contributed by atoms with van der Waals surface area (Å²) in [5, 5.41) is 5.65. The van der Waals surface area contributed by atoms with E-state index in [1.165, 1.54) is 18.9 Å². The molecule has 0 bridgehead atoms. The summed E-state index contributed by atoms with van der Waals surface area (Å²) in [6.07, 6.45) is 1.54. The Balaban J connectivity index is 1.21. The summed E-state index contributed by atoms with van der Waals surface area (Å²) < 4.78 is 10.9. The van der Waals surface area contributed by atoms with E-state index in [-0.39, 0.29) is 17.4 Å². The summed E-state index contributed by atoms with van der Waals surface area (Å²) in [6.45, 7) is 0. The number of carbonyl (C=O) groups is 3. The number of hydrogen-bond acceptors (Lipinski definition) is 7. The van der Waals surface area contributed by atoms with Crippen LogP contribution in [0.5, 0.6) is 11.5 Å². The van der Waals surface area contributed by atoms with Crippen LogP contribution in [-0.2, 0) is 9.59 Å². The van der Waals surface area contributed by atoms with Crippen LogP contribution in [0.3, 0.4) is 0 Å². The van der Waals surface area contributed by atoms with Gasteiger partial charge in [0.05, 0.1) is 31.3 Å². The van der Waals surface area contributed by atoms with Crippen molar-refractivity contribution in [3.63, 3.8) is 0 Å². The molecule has 0 spiro atoms. The first kappa shape index (κ1) is 32.5. The molecule has 240 valence electrons. The van der Waals surface area contributed by atoms with Crippen molar-refractivity contribution in [2.75, 3.05) is 30.2 Å². The maximum Gasteiger partial charge on any atom is 0.272 e. The molecule has 6 rings (SSSR count). The number of nitrogens with one attached hydrogen (secondary N) is 2. The molecule has 10 heteroatoms. The number of benzene rings is 5. The molecule has 0 atom stereocenters. The Bertz CT molecular complexity index is 1970. The van der Waals surface area contributed by atoms with Crippen molar-refractivity contribution in [2.24, 2.45) is 0 Å². The highest BCUT2D eigenvalue weighted by molar-refractivity contribution is 8.00. The number of carbonyl (C=O) groups excluding carboxylic acids is 3. The van der Waals surface area contributed by atoms with E-state index in [0.717, 1.165) is 26.1 Å². The predicted octanol–water partition coefficient (Wildman–Crippen LogP) is 8.04. The molecule has 0 aliphatic carbocycles. The Morgan fingerprint density at radius 2 is 1.46 bits per heavy atom. The Morgan fingerprint density at radius 3 is 2.15 bits per heavy atom. The highest BCUT2D eigenvalue weighted by Gasteiger charge is 2.27. The Labute approximate surface area is 287 Å². The second-order valence-electron chi connectivity index (χ2n) is 10.5. The smallest absolute Gasteiger partial charge is 0.272 e. The van der Waals surface area contributed by atoms with Crippen molar-refractivity contribution in [1.29, 1.82) is 0 Å². The van der Waals surface area contributed by atoms with Crippen LogP contribution in [0, 0.1) is 0 Å². The van der Waals surface area contributed by atoms with Crippen LogP contribution in [0.1, 0.15) is 15.9 Å². The van der Waals surface area contributed by atoms with Gasteiger partial charge in [-0.1, -0.05) is 60.3 Å². The van der Waals surface area contributed by atoms with Gasteiger partial charge in [-0.2, -0.15) is 0 Å². The van der Waals surface area contributed by atoms with E-state index in [1.807, 2.05) is 66.7 Å². The van der Waals surface area contributed by atoms with Crippen LogP contribution in [0.4, 0.5) is 17.1 Å². The minimum Gasteiger partial charge on any atom is -0.497 e. The standard InChI is InChI=1S/C38H31N3O5S2/c1-45-28-19-20-33(46-2)26(21-28)22-30(40-37(43)25-11-4-3-5-12-25)38(44)39-27-13-10-14-29(23-27)47-24-36(42)41-31-15-6-8-17-34(31)48-35-18-9-7-16-32(35)41/h3-23H,24H2,1-2H3,(H,39,44)(H,40,43)/b30-22-. The first-order chi connectivity index (χ1) is 23.4. The minimum absolute atomic E-state index is 0.00365. The number of methoxy groups -OCH3 is 2. The lowest BCUT2D eigenvalue weighted by Crippen LogP contribution is -2.30. The third-order valence-corrected chi connectivity index (χ3v) is 9.51. The quantitative estimate of drug-likeness (QED) is 0.114. The van der Waals surface area contributed by atoms with Gasteiger partial charge in [0.1, 0.15) is 17.2 Å². The van der Waals surface area contributed by atoms with E-state index >= 15 is 0 Å². The Hall–Kier alpha value is -5.45. The van der Waals surface area contributed by atoms with Crippen LogP contribution >= 0.6 is 23.5 Å². The van der Waals surface area contributed by atoms with Gasteiger partial charge in [-0.25, -0.2) is 0 Å². The fraction of sp³-hybridized carbons (Fsp3) is 0.0789. The van der Waals surface area contributed by atoms with Gasteiger partial charge in [0.2, 0.25) is 5.91 Å². The van der Waals surface area contributed by atoms with Crippen LogP contribution in [0.15, 0.2) is 142 Å². The van der Waals surface area contributed by atoms with Crippen molar-refractivity contribution < 1.29 is 23.9 Å². The lowest BCUT2D eigenvalue weighted by Gasteiger charge is -2.31. The molecule has 2 N–H and O–H groups in total. The highest BCUT2D eigenvalue weighted by atomic mass is 32.2. The SMILES string of the molecule is COc1ccc(OC)c(/C=C(\NC(=O)c2ccccc2)C(=O)Nc2cccc(SCC(=O)N3c4ccccc4Sc4ccccc43)c2)c1. The maximum atomic E-state index is 13.7. The molecule has 1 aliphatic heterocycles. The van der Waals surface area contributed by atoms with Gasteiger partial charge < -0.3 is 20.1 Å². The van der Waals surface area contributed by atoms with Crippen molar-refractivity contribution in [1.82, 2.24) is 5.32 Å². The minimum atomic E-state index is -0.540. The second kappa shape index (κ2) is 15.0. The molecule has 8 nitrogen and oxygen atoms in total. The summed E-state index contributed by atoms with van der Waals surface area (Å²) in [6, 6.07) is 36.8. The second-order valence-corrected chi connectivity index (χ2v) is 12.7. The van der Waals surface area contributed by atoms with E-state index in [1.54, 1.807) is 84.4 Å². The molecule has 1 aliphatic rings. The number of nitrogens with zero attached hydrogens (tertiary/aromatic N) is 1. The predicted molar refractivity (Wildman–Crippen MR) is 191 cm³/mol. The van der Waals surface area contributed by atoms with Gasteiger partial charge >= 0.3 is 0 Å². The molecule has 1 heterocycles. The number of ether oxygens (including phenoxy) is 2. The lowest BCUT2D eigenvalue weighted by molar-refractivity contribution is -0.115. The Morgan fingerprint density at radius 1 is 0.771 bits per heavy atom. The molecule has 3 amide bonds. The van der Waals surface area contributed by atoms with Crippen molar-refractivity contribution >= 4 is 64.4 Å². The maximum absolute atomic E-state index is 13.7. The molecule has 0 aromatic heterocycles. The summed E-state index contributed by atoms with van der Waals surface area (Å²) in [5.41, 5.74) is 3.16. The number of rotatable bonds is 10. The van der Waals surface area contributed by atoms with E-state index in [9.17, 15) is 14.4 Å². The number of para-hydroxylation sites is 2. The van der Waals surface area contributed by atoms with E-state index in [0.29, 0.717) is 28.3 Å². The zero-order valence-electron chi connectivity index (χ0n) is 26.1. The van der Waals surface area contributed by atoms with Crippen LogP contribution in [0.25, 0.3) is 6.08 Å². The Kier molecular flexibility index (Phi) is 10.1. The number of thioether (sulfide) groups is 1. The van der Waals surface area contributed by atoms with E-state index < -0.39 is 11.8 Å². The molecule has 0 radical (unpaired) electrons. The average Bonchev–Trinajstić information content (AvgIpc) is 3.12. The highest BCUT2D eigenvalue weighted by Crippen LogP contribution is 2.48. The summed E-state index contributed by atoms with van der Waals surface area (Å²) in [4.78, 5) is 45.2. The van der Waals surface area contributed by atoms with Gasteiger partial charge in [0.15, 0.2) is 0 Å². The molecule has 0 saturated heterocycles. The topological polar surface area (TPSA) is 97.0 Å².